The molecule has 0 radical (unpaired) electrons. The number of nitrogens with one attached hydrogen (secondary N) is 1. The number of nitrogens with zero attached hydrogens (tertiary/aromatic N) is 4. The highest BCUT2D eigenvalue weighted by molar-refractivity contribution is 5.95. The van der Waals surface area contributed by atoms with Crippen LogP contribution < -0.4 is 10.9 Å². The molecule has 0 saturated heterocycles. The van der Waals surface area contributed by atoms with Gasteiger partial charge in [-0.3, -0.25) is 19.1 Å². The van der Waals surface area contributed by atoms with E-state index in [0.717, 1.165) is 30.9 Å². The average Bonchev–Trinajstić information content (AvgIpc) is 2.88. The van der Waals surface area contributed by atoms with Gasteiger partial charge in [-0.2, -0.15) is 5.10 Å². The Hall–Kier alpha value is -2.90. The molecule has 1 aliphatic heterocycles. The minimum atomic E-state index is -0.401. The molecule has 0 aliphatic carbocycles. The van der Waals surface area contributed by atoms with Crippen molar-refractivity contribution in [2.24, 2.45) is 7.05 Å². The molecule has 0 atom stereocenters. The molecule has 0 aromatic carbocycles. The van der Waals surface area contributed by atoms with E-state index in [-0.39, 0.29) is 23.6 Å². The van der Waals surface area contributed by atoms with Crippen molar-refractivity contribution in [2.45, 2.75) is 46.8 Å². The molecule has 8 nitrogen and oxygen atoms in total. The Bertz CT molecular complexity index is 957. The van der Waals surface area contributed by atoms with Crippen LogP contribution in [0.3, 0.4) is 0 Å². The summed E-state index contributed by atoms with van der Waals surface area (Å²) in [6.07, 6.45) is 0.846. The average molecular weight is 371 g/mol. The second kappa shape index (κ2) is 7.38. The van der Waals surface area contributed by atoms with E-state index in [4.69, 9.17) is 0 Å². The fourth-order valence-corrected chi connectivity index (χ4v) is 3.39. The van der Waals surface area contributed by atoms with Crippen LogP contribution in [0.4, 0.5) is 0 Å². The fourth-order valence-electron chi connectivity index (χ4n) is 3.39. The minimum absolute atomic E-state index is 0.0465. The van der Waals surface area contributed by atoms with E-state index in [0.29, 0.717) is 17.8 Å². The lowest BCUT2D eigenvalue weighted by Crippen LogP contribution is -2.34. The van der Waals surface area contributed by atoms with E-state index >= 15 is 0 Å². The Kier molecular flexibility index (Phi) is 5.16. The Morgan fingerprint density at radius 2 is 1.96 bits per heavy atom. The monoisotopic (exact) mass is 371 g/mol. The van der Waals surface area contributed by atoms with Gasteiger partial charge < -0.3 is 14.8 Å². The summed E-state index contributed by atoms with van der Waals surface area (Å²) < 4.78 is 3.36. The first-order valence-electron chi connectivity index (χ1n) is 9.04. The summed E-state index contributed by atoms with van der Waals surface area (Å²) in [5, 5.41) is 7.32. The first-order chi connectivity index (χ1) is 12.8. The number of carbonyl (C=O) groups is 2. The molecule has 0 bridgehead atoms. The topological polar surface area (TPSA) is 89.2 Å². The third-order valence-electron chi connectivity index (χ3n) is 5.03. The van der Waals surface area contributed by atoms with E-state index in [9.17, 15) is 14.4 Å². The van der Waals surface area contributed by atoms with Gasteiger partial charge in [-0.1, -0.05) is 0 Å². The predicted octanol–water partition coefficient (Wildman–Crippen LogP) is 0.881. The number of hydrogen-bond donors (Lipinski definition) is 1. The molecule has 3 heterocycles. The number of aryl methyl sites for hydroxylation is 3. The molecule has 0 unspecified atom stereocenters. The highest BCUT2D eigenvalue weighted by Crippen LogP contribution is 2.14. The first kappa shape index (κ1) is 18.9. The van der Waals surface area contributed by atoms with Gasteiger partial charge in [-0.15, -0.1) is 0 Å². The number of amides is 2. The summed E-state index contributed by atoms with van der Waals surface area (Å²) in [4.78, 5) is 38.4. The van der Waals surface area contributed by atoms with Crippen LogP contribution in [0.15, 0.2) is 16.9 Å². The molecule has 0 spiro atoms. The van der Waals surface area contributed by atoms with Crippen LogP contribution in [0.5, 0.6) is 0 Å². The molecular formula is C19H25N5O3. The van der Waals surface area contributed by atoms with Gasteiger partial charge in [0.1, 0.15) is 5.56 Å². The lowest BCUT2D eigenvalue weighted by atomic mass is 10.1. The fraction of sp³-hybridized carbons (Fsp3) is 0.474. The Morgan fingerprint density at radius 3 is 2.67 bits per heavy atom. The maximum Gasteiger partial charge on any atom is 0.263 e. The normalized spacial score (nSPS) is 13.9. The van der Waals surface area contributed by atoms with Crippen LogP contribution in [-0.2, 0) is 31.5 Å². The Morgan fingerprint density at radius 1 is 1.22 bits per heavy atom. The lowest BCUT2D eigenvalue weighted by Gasteiger charge is -2.17. The van der Waals surface area contributed by atoms with Crippen LogP contribution in [-0.4, -0.2) is 37.6 Å². The Balaban J connectivity index is 1.74. The number of carbonyl (C=O) groups excluding carboxylic acids is 2. The summed E-state index contributed by atoms with van der Waals surface area (Å²) in [5.74, 6) is -0.355. The van der Waals surface area contributed by atoms with Crippen LogP contribution in [0.1, 0.15) is 46.3 Å². The molecular weight excluding hydrogens is 346 g/mol. The van der Waals surface area contributed by atoms with Gasteiger partial charge in [-0.05, 0) is 38.0 Å². The van der Waals surface area contributed by atoms with Gasteiger partial charge >= 0.3 is 0 Å². The molecule has 0 fully saturated rings. The minimum Gasteiger partial charge on any atom is -0.346 e. The number of hydrogen-bond acceptors (Lipinski definition) is 4. The number of pyridine rings is 1. The summed E-state index contributed by atoms with van der Waals surface area (Å²) in [6, 6.07) is 3.73. The third kappa shape index (κ3) is 3.79. The van der Waals surface area contributed by atoms with Gasteiger partial charge in [-0.25, -0.2) is 0 Å². The zero-order valence-electron chi connectivity index (χ0n) is 16.2. The predicted molar refractivity (Wildman–Crippen MR) is 100 cm³/mol. The zero-order chi connectivity index (χ0) is 19.7. The molecule has 1 aliphatic rings. The van der Waals surface area contributed by atoms with Crippen LogP contribution in [0.25, 0.3) is 0 Å². The second-order valence-electron chi connectivity index (χ2n) is 7.03. The van der Waals surface area contributed by atoms with E-state index in [2.05, 4.69) is 10.4 Å². The SMILES string of the molecule is CC(=O)N1CCCn2nc(CNC(=O)c3c(C)cc(C)n(C)c3=O)cc2C1. The molecule has 3 rings (SSSR count). The van der Waals surface area contributed by atoms with Crippen molar-refractivity contribution >= 4 is 11.8 Å². The van der Waals surface area contributed by atoms with Crippen molar-refractivity contribution in [1.29, 1.82) is 0 Å². The highest BCUT2D eigenvalue weighted by atomic mass is 16.2. The molecule has 144 valence electrons. The van der Waals surface area contributed by atoms with Gasteiger partial charge in [0, 0.05) is 32.8 Å². The molecule has 2 aromatic rings. The van der Waals surface area contributed by atoms with Gasteiger partial charge in [0.25, 0.3) is 11.5 Å². The standard InChI is InChI=1S/C19H25N5O3/c1-12-8-13(2)22(4)19(27)17(12)18(26)20-10-15-9-16-11-23(14(3)25)6-5-7-24(16)21-15/h8-9H,5-7,10-11H2,1-4H3,(H,20,26). The van der Waals surface area contributed by atoms with Crippen molar-refractivity contribution in [3.8, 4) is 0 Å². The van der Waals surface area contributed by atoms with E-state index < -0.39 is 5.91 Å². The smallest absolute Gasteiger partial charge is 0.263 e. The molecule has 0 saturated carbocycles. The zero-order valence-corrected chi connectivity index (χ0v) is 16.2. The number of fused-ring (bicyclic) bond motifs is 1. The van der Waals surface area contributed by atoms with Crippen molar-refractivity contribution in [3.63, 3.8) is 0 Å². The van der Waals surface area contributed by atoms with Gasteiger partial charge in [0.15, 0.2) is 0 Å². The van der Waals surface area contributed by atoms with Crippen LogP contribution in [0.2, 0.25) is 0 Å². The summed E-state index contributed by atoms with van der Waals surface area (Å²) in [7, 11) is 1.65. The molecule has 1 N–H and O–H groups in total. The van der Waals surface area contributed by atoms with Gasteiger partial charge in [0.05, 0.1) is 24.5 Å². The third-order valence-corrected chi connectivity index (χ3v) is 5.03. The summed E-state index contributed by atoms with van der Waals surface area (Å²) in [5.41, 5.74) is 2.99. The highest BCUT2D eigenvalue weighted by Gasteiger charge is 2.20. The van der Waals surface area contributed by atoms with Crippen molar-refractivity contribution in [1.82, 2.24) is 24.6 Å². The first-order valence-corrected chi connectivity index (χ1v) is 9.04. The van der Waals surface area contributed by atoms with Crippen molar-refractivity contribution < 1.29 is 9.59 Å². The van der Waals surface area contributed by atoms with E-state index in [1.165, 1.54) is 4.57 Å². The number of aromatic nitrogens is 3. The molecule has 27 heavy (non-hydrogen) atoms. The maximum absolute atomic E-state index is 12.6. The van der Waals surface area contributed by atoms with E-state index in [1.807, 2.05) is 23.7 Å². The van der Waals surface area contributed by atoms with E-state index in [1.54, 1.807) is 25.8 Å². The largest absolute Gasteiger partial charge is 0.346 e. The van der Waals surface area contributed by atoms with Crippen LogP contribution in [0, 0.1) is 13.8 Å². The van der Waals surface area contributed by atoms with Crippen molar-refractivity contribution in [3.05, 3.63) is 50.7 Å². The van der Waals surface area contributed by atoms with Crippen LogP contribution >= 0.6 is 0 Å². The second-order valence-corrected chi connectivity index (χ2v) is 7.03. The molecule has 8 heteroatoms. The van der Waals surface area contributed by atoms with Gasteiger partial charge in [0.2, 0.25) is 5.91 Å². The summed E-state index contributed by atoms with van der Waals surface area (Å²) >= 11 is 0. The quantitative estimate of drug-likeness (QED) is 0.867. The Labute approximate surface area is 157 Å². The number of rotatable bonds is 3. The van der Waals surface area contributed by atoms with Crippen molar-refractivity contribution in [2.75, 3.05) is 6.54 Å². The molecule has 2 amide bonds. The summed E-state index contributed by atoms with van der Waals surface area (Å²) in [6.45, 7) is 7.38. The maximum atomic E-state index is 12.6. The molecule has 2 aromatic heterocycles. The lowest BCUT2D eigenvalue weighted by molar-refractivity contribution is -0.129.